The minimum atomic E-state index is -1.01. The molecule has 1 aromatic rings. The molecular weight excluding hydrogens is 639 g/mol. The second-order valence-electron chi connectivity index (χ2n) is 5.05. The molecule has 0 radical (unpaired) electrons. The summed E-state index contributed by atoms with van der Waals surface area (Å²) in [7, 11) is 0. The van der Waals surface area contributed by atoms with Gasteiger partial charge in [0.15, 0.2) is 0 Å². The van der Waals surface area contributed by atoms with E-state index in [4.69, 9.17) is 15.6 Å². The largest absolute Gasteiger partial charge is 0.507 e. The van der Waals surface area contributed by atoms with Gasteiger partial charge in [0.05, 0.1) is 3.57 Å². The number of rotatable bonds is 5. The van der Waals surface area contributed by atoms with Crippen molar-refractivity contribution >= 4 is 73.7 Å². The summed E-state index contributed by atoms with van der Waals surface area (Å²) in [6.45, 7) is 0. The summed E-state index contributed by atoms with van der Waals surface area (Å²) < 4.78 is 6.36. The Hall–Kier alpha value is -0.0800. The van der Waals surface area contributed by atoms with Crippen molar-refractivity contribution in [2.24, 2.45) is 5.73 Å². The van der Waals surface area contributed by atoms with Crippen LogP contribution in [-0.4, -0.2) is 29.8 Å². The lowest BCUT2D eigenvalue weighted by Crippen LogP contribution is -2.35. The zero-order valence-electron chi connectivity index (χ0n) is 11.7. The topological polar surface area (TPSA) is 92.8 Å². The van der Waals surface area contributed by atoms with Crippen molar-refractivity contribution in [3.63, 3.8) is 0 Å². The number of phenols is 1. The molecular formula is C15H14I3NO4. The Kier molecular flexibility index (Phi) is 6.58. The second kappa shape index (κ2) is 7.87. The molecule has 0 saturated heterocycles. The van der Waals surface area contributed by atoms with Crippen molar-refractivity contribution in [1.29, 1.82) is 0 Å². The first kappa shape index (κ1) is 19.2. The van der Waals surface area contributed by atoms with E-state index in [2.05, 4.69) is 45.2 Å². The van der Waals surface area contributed by atoms with E-state index in [9.17, 15) is 9.90 Å². The van der Waals surface area contributed by atoms with Gasteiger partial charge in [-0.15, -0.1) is 0 Å². The van der Waals surface area contributed by atoms with Crippen molar-refractivity contribution in [1.82, 2.24) is 0 Å². The van der Waals surface area contributed by atoms with Crippen LogP contribution in [0.5, 0.6) is 11.5 Å². The maximum Gasteiger partial charge on any atom is 0.320 e. The molecule has 8 heteroatoms. The van der Waals surface area contributed by atoms with E-state index < -0.39 is 12.0 Å². The van der Waals surface area contributed by atoms with Gasteiger partial charge in [-0.3, -0.25) is 4.79 Å². The minimum absolute atomic E-state index is 0.214. The molecule has 0 saturated carbocycles. The van der Waals surface area contributed by atoms with Gasteiger partial charge in [0.1, 0.15) is 25.1 Å². The van der Waals surface area contributed by atoms with Crippen molar-refractivity contribution in [2.75, 3.05) is 0 Å². The summed E-state index contributed by atoms with van der Waals surface area (Å²) in [5.41, 5.74) is 6.47. The van der Waals surface area contributed by atoms with Gasteiger partial charge < -0.3 is 20.7 Å². The highest BCUT2D eigenvalue weighted by molar-refractivity contribution is 14.2. The van der Waals surface area contributed by atoms with E-state index in [1.807, 2.05) is 40.8 Å². The van der Waals surface area contributed by atoms with Crippen molar-refractivity contribution in [2.45, 2.75) is 20.0 Å². The summed E-state index contributed by atoms with van der Waals surface area (Å²) in [6, 6.07) is 4.17. The predicted octanol–water partition coefficient (Wildman–Crippen LogP) is 3.61. The molecule has 23 heavy (non-hydrogen) atoms. The molecule has 1 aromatic carbocycles. The SMILES string of the molecule is N[C@@H](CC1=CC(I)(I)C(Oc2ccc(O)c(I)c2)C=C1)C(=O)O. The van der Waals surface area contributed by atoms with Gasteiger partial charge in [-0.1, -0.05) is 57.3 Å². The van der Waals surface area contributed by atoms with Gasteiger partial charge >= 0.3 is 5.97 Å². The number of hydrogen-bond acceptors (Lipinski definition) is 4. The summed E-state index contributed by atoms with van der Waals surface area (Å²) in [4.78, 5) is 10.9. The maximum atomic E-state index is 10.9. The number of ether oxygens (including phenoxy) is 1. The number of alkyl halides is 2. The number of halogens is 3. The lowest BCUT2D eigenvalue weighted by atomic mass is 9.99. The summed E-state index contributed by atoms with van der Waals surface area (Å²) in [5, 5.41) is 18.5. The molecule has 0 amide bonds. The van der Waals surface area contributed by atoms with Crippen LogP contribution in [0.15, 0.2) is 42.0 Å². The van der Waals surface area contributed by atoms with Gasteiger partial charge in [-0.25, -0.2) is 0 Å². The fourth-order valence-corrected chi connectivity index (χ4v) is 3.97. The smallest absolute Gasteiger partial charge is 0.320 e. The number of nitrogens with two attached hydrogens (primary N) is 1. The number of carboxylic acids is 1. The highest BCUT2D eigenvalue weighted by atomic mass is 127. The van der Waals surface area contributed by atoms with E-state index in [1.165, 1.54) is 0 Å². The first-order chi connectivity index (χ1) is 10.7. The van der Waals surface area contributed by atoms with Crippen LogP contribution >= 0.6 is 67.8 Å². The lowest BCUT2D eigenvalue weighted by Gasteiger charge is -2.30. The number of aromatic hydroxyl groups is 1. The average Bonchev–Trinajstić information content (AvgIpc) is 2.45. The number of allylic oxidation sites excluding steroid dienone is 1. The molecule has 1 aliphatic carbocycles. The van der Waals surface area contributed by atoms with Crippen LogP contribution in [0.1, 0.15) is 6.42 Å². The van der Waals surface area contributed by atoms with Crippen molar-refractivity contribution in [3.8, 4) is 11.5 Å². The molecule has 0 spiro atoms. The Morgan fingerprint density at radius 1 is 1.43 bits per heavy atom. The van der Waals surface area contributed by atoms with Crippen LogP contribution in [0, 0.1) is 3.57 Å². The fourth-order valence-electron chi connectivity index (χ4n) is 2.01. The van der Waals surface area contributed by atoms with Crippen molar-refractivity contribution in [3.05, 3.63) is 45.6 Å². The standard InChI is InChI=1S/C15H14I3NO4/c16-10-6-9(2-3-12(10)20)23-13-4-1-8(7-15(13,17)18)5-11(19)14(21)22/h1-4,6-7,11,13,20H,5,19H2,(H,21,22)/t11-,13?/m0/s1. The van der Waals surface area contributed by atoms with Crippen molar-refractivity contribution < 1.29 is 19.7 Å². The quantitative estimate of drug-likeness (QED) is 0.334. The number of carboxylic acid groups (broad SMARTS) is 1. The number of carbonyl (C=O) groups is 1. The molecule has 0 aliphatic heterocycles. The van der Waals surface area contributed by atoms with E-state index in [-0.39, 0.29) is 19.7 Å². The molecule has 0 bridgehead atoms. The highest BCUT2D eigenvalue weighted by Crippen LogP contribution is 2.41. The van der Waals surface area contributed by atoms with E-state index in [0.29, 0.717) is 5.75 Å². The summed E-state index contributed by atoms with van der Waals surface area (Å²) in [5.74, 6) is -0.125. The summed E-state index contributed by atoms with van der Waals surface area (Å²) >= 11 is 6.58. The zero-order chi connectivity index (χ0) is 17.2. The average molecular weight is 653 g/mol. The Morgan fingerprint density at radius 3 is 2.70 bits per heavy atom. The predicted molar refractivity (Wildman–Crippen MR) is 113 cm³/mol. The molecule has 1 unspecified atom stereocenters. The molecule has 0 aromatic heterocycles. The van der Waals surface area contributed by atoms with Crippen LogP contribution in [0.4, 0.5) is 0 Å². The second-order valence-corrected chi connectivity index (χ2v) is 11.8. The Balaban J connectivity index is 2.11. The first-order valence-electron chi connectivity index (χ1n) is 6.60. The third-order valence-electron chi connectivity index (χ3n) is 3.20. The molecule has 124 valence electrons. The van der Waals surface area contributed by atoms with Crippen LogP contribution in [0.2, 0.25) is 0 Å². The van der Waals surface area contributed by atoms with E-state index in [0.717, 1.165) is 9.14 Å². The number of aliphatic carboxylic acids is 1. The molecule has 5 nitrogen and oxygen atoms in total. The minimum Gasteiger partial charge on any atom is -0.507 e. The van der Waals surface area contributed by atoms with Crippen LogP contribution in [-0.2, 0) is 4.79 Å². The molecule has 4 N–H and O–H groups in total. The molecule has 1 aliphatic rings. The third-order valence-corrected chi connectivity index (χ3v) is 5.91. The van der Waals surface area contributed by atoms with E-state index in [1.54, 1.807) is 18.2 Å². The van der Waals surface area contributed by atoms with Crippen LogP contribution < -0.4 is 10.5 Å². The van der Waals surface area contributed by atoms with Gasteiger partial charge in [-0.05, 0) is 58.9 Å². The molecule has 0 heterocycles. The number of phenolic OH excluding ortho intramolecular Hbond substituents is 1. The number of hydrogen-bond donors (Lipinski definition) is 3. The maximum absolute atomic E-state index is 10.9. The van der Waals surface area contributed by atoms with Gasteiger partial charge in [0, 0.05) is 0 Å². The monoisotopic (exact) mass is 653 g/mol. The summed E-state index contributed by atoms with van der Waals surface area (Å²) in [6.07, 6.45) is 5.81. The zero-order valence-corrected chi connectivity index (χ0v) is 18.2. The molecule has 2 atom stereocenters. The molecule has 0 fully saturated rings. The fraction of sp³-hybridized carbons (Fsp3) is 0.267. The Labute approximate surface area is 174 Å². The van der Waals surface area contributed by atoms with Crippen LogP contribution in [0.25, 0.3) is 0 Å². The van der Waals surface area contributed by atoms with Gasteiger partial charge in [0.25, 0.3) is 0 Å². The van der Waals surface area contributed by atoms with E-state index >= 15 is 0 Å². The Bertz CT molecular complexity index is 673. The number of benzene rings is 1. The van der Waals surface area contributed by atoms with Gasteiger partial charge in [-0.2, -0.15) is 0 Å². The molecule has 2 rings (SSSR count). The lowest BCUT2D eigenvalue weighted by molar-refractivity contribution is -0.138. The normalized spacial score (nSPS) is 20.7. The Morgan fingerprint density at radius 2 is 2.13 bits per heavy atom. The third kappa shape index (κ3) is 5.19. The first-order valence-corrected chi connectivity index (χ1v) is 9.84. The highest BCUT2D eigenvalue weighted by Gasteiger charge is 2.34. The van der Waals surface area contributed by atoms with Crippen LogP contribution in [0.3, 0.4) is 0 Å². The van der Waals surface area contributed by atoms with Gasteiger partial charge in [0.2, 0.25) is 0 Å².